The number of ether oxygens (including phenoxy) is 1. The minimum atomic E-state index is -0.822. The van der Waals surface area contributed by atoms with Crippen molar-refractivity contribution in [3.8, 4) is 0 Å². The third-order valence-electron chi connectivity index (χ3n) is 3.18. The van der Waals surface area contributed by atoms with Crippen molar-refractivity contribution >= 4 is 17.6 Å². The van der Waals surface area contributed by atoms with E-state index in [-0.39, 0.29) is 17.5 Å². The van der Waals surface area contributed by atoms with Crippen LogP contribution in [0, 0.1) is 0 Å². The molecule has 0 fully saturated rings. The lowest BCUT2D eigenvalue weighted by Crippen LogP contribution is -2.40. The van der Waals surface area contributed by atoms with E-state index in [1.807, 2.05) is 44.2 Å². The van der Waals surface area contributed by atoms with E-state index in [0.717, 1.165) is 5.69 Å². The number of anilines is 1. The van der Waals surface area contributed by atoms with Crippen molar-refractivity contribution in [3.05, 3.63) is 64.6 Å². The van der Waals surface area contributed by atoms with Gasteiger partial charge in [0.2, 0.25) is 0 Å². The van der Waals surface area contributed by atoms with Crippen molar-refractivity contribution in [1.29, 1.82) is 0 Å². The molecule has 0 radical (unpaired) electrons. The Morgan fingerprint density at radius 3 is 2.43 bits per heavy atom. The summed E-state index contributed by atoms with van der Waals surface area (Å²) in [7, 11) is 0. The van der Waals surface area contributed by atoms with Crippen molar-refractivity contribution in [2.75, 3.05) is 11.5 Å². The third kappa shape index (κ3) is 4.06. The number of nitrogens with one attached hydrogen (secondary N) is 1. The number of benzene rings is 1. The molecular weight excluding hydrogens is 296 g/mol. The molecule has 2 aromatic rings. The van der Waals surface area contributed by atoms with Gasteiger partial charge in [-0.1, -0.05) is 18.2 Å². The molecule has 2 rings (SSSR count). The van der Waals surface area contributed by atoms with Crippen molar-refractivity contribution in [2.24, 2.45) is 0 Å². The Bertz CT molecular complexity index is 738. The van der Waals surface area contributed by atoms with Crippen LogP contribution in [-0.2, 0) is 9.53 Å². The summed E-state index contributed by atoms with van der Waals surface area (Å²) in [6, 6.07) is 11.9. The van der Waals surface area contributed by atoms with Crippen molar-refractivity contribution in [3.63, 3.8) is 0 Å². The van der Waals surface area contributed by atoms with Crippen LogP contribution in [0.5, 0.6) is 0 Å². The molecule has 0 unspecified atom stereocenters. The number of para-hydroxylation sites is 1. The average Bonchev–Trinajstić information content (AvgIpc) is 2.54. The second kappa shape index (κ2) is 7.40. The Labute approximate surface area is 133 Å². The quantitative estimate of drug-likeness (QED) is 0.856. The first-order valence-electron chi connectivity index (χ1n) is 7.22. The highest BCUT2D eigenvalue weighted by Gasteiger charge is 2.21. The first kappa shape index (κ1) is 16.5. The molecule has 1 heterocycles. The molecule has 0 spiro atoms. The number of esters is 1. The van der Waals surface area contributed by atoms with E-state index in [0.29, 0.717) is 0 Å². The van der Waals surface area contributed by atoms with Crippen LogP contribution in [0.4, 0.5) is 5.69 Å². The number of aromatic nitrogens is 1. The number of hydrogen-bond donors (Lipinski definition) is 1. The van der Waals surface area contributed by atoms with Crippen LogP contribution < -0.4 is 10.5 Å². The number of carbonyl (C=O) groups excluding carboxylic acids is 2. The van der Waals surface area contributed by atoms with E-state index in [4.69, 9.17) is 4.74 Å². The molecule has 0 aliphatic carbocycles. The molecule has 0 saturated heterocycles. The highest BCUT2D eigenvalue weighted by Crippen LogP contribution is 2.16. The second-order valence-electron chi connectivity index (χ2n) is 5.18. The molecule has 1 aromatic heterocycles. The van der Waals surface area contributed by atoms with Crippen LogP contribution in [0.2, 0.25) is 0 Å². The Morgan fingerprint density at radius 1 is 1.13 bits per heavy atom. The zero-order valence-corrected chi connectivity index (χ0v) is 13.0. The molecule has 1 N–H and O–H groups in total. The van der Waals surface area contributed by atoms with E-state index in [1.54, 1.807) is 4.90 Å². The topological polar surface area (TPSA) is 79.5 Å². The number of hydrogen-bond acceptors (Lipinski definition) is 4. The lowest BCUT2D eigenvalue weighted by Gasteiger charge is -2.26. The van der Waals surface area contributed by atoms with Gasteiger partial charge in [-0.15, -0.1) is 0 Å². The van der Waals surface area contributed by atoms with Crippen LogP contribution in [-0.4, -0.2) is 29.5 Å². The second-order valence-corrected chi connectivity index (χ2v) is 5.18. The maximum absolute atomic E-state index is 12.4. The smallest absolute Gasteiger partial charge is 0.344 e. The van der Waals surface area contributed by atoms with Crippen molar-refractivity contribution in [1.82, 2.24) is 4.98 Å². The minimum absolute atomic E-state index is 0.0938. The summed E-state index contributed by atoms with van der Waals surface area (Å²) in [5.74, 6) is -1.18. The number of rotatable bonds is 5. The van der Waals surface area contributed by atoms with E-state index < -0.39 is 18.1 Å². The average molecular weight is 314 g/mol. The molecule has 23 heavy (non-hydrogen) atoms. The lowest BCUT2D eigenvalue weighted by molar-refractivity contribution is -0.122. The molecule has 0 atom stereocenters. The van der Waals surface area contributed by atoms with Crippen LogP contribution >= 0.6 is 0 Å². The summed E-state index contributed by atoms with van der Waals surface area (Å²) in [5, 5.41) is 0. The highest BCUT2D eigenvalue weighted by atomic mass is 16.5. The molecule has 120 valence electrons. The van der Waals surface area contributed by atoms with Gasteiger partial charge in [-0.05, 0) is 38.1 Å². The fourth-order valence-electron chi connectivity index (χ4n) is 2.18. The maximum Gasteiger partial charge on any atom is 0.344 e. The largest absolute Gasteiger partial charge is 0.452 e. The molecule has 6 heteroatoms. The van der Waals surface area contributed by atoms with Crippen LogP contribution in [0.1, 0.15) is 24.2 Å². The number of H-pyrrole nitrogens is 1. The van der Waals surface area contributed by atoms with Crippen LogP contribution in [0.15, 0.2) is 53.5 Å². The van der Waals surface area contributed by atoms with Gasteiger partial charge in [-0.25, -0.2) is 4.79 Å². The van der Waals surface area contributed by atoms with Gasteiger partial charge >= 0.3 is 5.97 Å². The summed E-state index contributed by atoms with van der Waals surface area (Å²) >= 11 is 0. The van der Waals surface area contributed by atoms with Gasteiger partial charge in [0.25, 0.3) is 11.5 Å². The number of aromatic amines is 1. The molecule has 1 amide bonds. The zero-order valence-electron chi connectivity index (χ0n) is 13.0. The summed E-state index contributed by atoms with van der Waals surface area (Å²) in [4.78, 5) is 39.7. The van der Waals surface area contributed by atoms with Gasteiger partial charge in [-0.3, -0.25) is 9.59 Å². The Balaban J connectivity index is 2.07. The van der Waals surface area contributed by atoms with E-state index >= 15 is 0 Å². The summed E-state index contributed by atoms with van der Waals surface area (Å²) in [5.41, 5.74) is 0.0472. The van der Waals surface area contributed by atoms with Gasteiger partial charge in [0, 0.05) is 17.9 Å². The number of carbonyl (C=O) groups is 2. The molecule has 0 aliphatic rings. The Hall–Kier alpha value is -2.89. The van der Waals surface area contributed by atoms with Gasteiger partial charge in [0.1, 0.15) is 5.56 Å². The van der Waals surface area contributed by atoms with Crippen molar-refractivity contribution < 1.29 is 14.3 Å². The first-order chi connectivity index (χ1) is 11.0. The summed E-state index contributed by atoms with van der Waals surface area (Å²) < 4.78 is 4.97. The van der Waals surface area contributed by atoms with E-state index in [1.165, 1.54) is 18.3 Å². The summed E-state index contributed by atoms with van der Waals surface area (Å²) in [6.45, 7) is 3.31. The van der Waals surface area contributed by atoms with Gasteiger partial charge in [-0.2, -0.15) is 0 Å². The number of pyridine rings is 1. The first-order valence-corrected chi connectivity index (χ1v) is 7.22. The molecule has 1 aromatic carbocycles. The van der Waals surface area contributed by atoms with Gasteiger partial charge in [0.05, 0.1) is 0 Å². The minimum Gasteiger partial charge on any atom is -0.452 e. The normalized spacial score (nSPS) is 10.4. The highest BCUT2D eigenvalue weighted by molar-refractivity contribution is 5.97. The molecule has 0 bridgehead atoms. The molecular formula is C17H18N2O4. The predicted molar refractivity (Wildman–Crippen MR) is 86.4 cm³/mol. The van der Waals surface area contributed by atoms with E-state index in [9.17, 15) is 14.4 Å². The number of amides is 1. The van der Waals surface area contributed by atoms with Gasteiger partial charge in [0.15, 0.2) is 6.61 Å². The Morgan fingerprint density at radius 2 is 1.83 bits per heavy atom. The third-order valence-corrected chi connectivity index (χ3v) is 3.18. The zero-order chi connectivity index (χ0) is 16.8. The van der Waals surface area contributed by atoms with Crippen molar-refractivity contribution in [2.45, 2.75) is 19.9 Å². The fraction of sp³-hybridized carbons (Fsp3) is 0.235. The molecule has 0 aliphatic heterocycles. The van der Waals surface area contributed by atoms with Gasteiger partial charge < -0.3 is 14.6 Å². The molecule has 0 saturated carbocycles. The maximum atomic E-state index is 12.4. The Kier molecular flexibility index (Phi) is 5.30. The van der Waals surface area contributed by atoms with E-state index in [2.05, 4.69) is 4.98 Å². The van der Waals surface area contributed by atoms with Crippen LogP contribution in [0.3, 0.4) is 0 Å². The lowest BCUT2D eigenvalue weighted by atomic mass is 10.2. The SMILES string of the molecule is CC(C)N(C(=O)COC(=O)c1ccc[nH]c1=O)c1ccccc1. The molecule has 6 nitrogen and oxygen atoms in total. The fourth-order valence-corrected chi connectivity index (χ4v) is 2.18. The monoisotopic (exact) mass is 314 g/mol. The standard InChI is InChI=1S/C17H18N2O4/c1-12(2)19(13-7-4-3-5-8-13)15(20)11-23-17(22)14-9-6-10-18-16(14)21/h3-10,12H,11H2,1-2H3,(H,18,21). The van der Waals surface area contributed by atoms with Crippen LogP contribution in [0.25, 0.3) is 0 Å². The number of nitrogens with zero attached hydrogens (tertiary/aromatic N) is 1. The predicted octanol–water partition coefficient (Wildman–Crippen LogP) is 1.97. The summed E-state index contributed by atoms with van der Waals surface area (Å²) in [6.07, 6.45) is 1.42.